The summed E-state index contributed by atoms with van der Waals surface area (Å²) < 4.78 is 24.8. The Morgan fingerprint density at radius 3 is 2.57 bits per heavy atom. The van der Waals surface area contributed by atoms with E-state index in [4.69, 9.17) is 9.47 Å². The van der Waals surface area contributed by atoms with E-state index < -0.39 is 11.8 Å². The molecule has 3 aromatic carbocycles. The molecule has 0 N–H and O–H groups in total. The Balaban J connectivity index is 1.55. The van der Waals surface area contributed by atoms with Crippen LogP contribution in [-0.2, 0) is 0 Å². The monoisotopic (exact) mass is 438 g/mol. The van der Waals surface area contributed by atoms with Crippen LogP contribution in [0.3, 0.4) is 0 Å². The van der Waals surface area contributed by atoms with Crippen LogP contribution in [0.15, 0.2) is 77.0 Å². The highest BCUT2D eigenvalue weighted by molar-refractivity contribution is 9.10. The van der Waals surface area contributed by atoms with Crippen LogP contribution in [0.2, 0.25) is 0 Å². The molecule has 138 valence electrons. The lowest BCUT2D eigenvalue weighted by atomic mass is 10.1. The molecule has 6 heteroatoms. The van der Waals surface area contributed by atoms with Crippen molar-refractivity contribution in [3.05, 3.63) is 99.5 Å². The Hall–Kier alpha value is -3.25. The second kappa shape index (κ2) is 7.40. The van der Waals surface area contributed by atoms with Gasteiger partial charge in [-0.05, 0) is 60.2 Å². The van der Waals surface area contributed by atoms with E-state index in [1.165, 1.54) is 36.4 Å². The van der Waals surface area contributed by atoms with E-state index in [9.17, 15) is 14.0 Å². The maximum Gasteiger partial charge on any atom is 0.343 e. The predicted molar refractivity (Wildman–Crippen MR) is 105 cm³/mol. The number of carbonyl (C=O) groups excluding carboxylic acids is 2. The fraction of sp³-hybridized carbons (Fsp3) is 0. The molecule has 0 fully saturated rings. The first-order valence-corrected chi connectivity index (χ1v) is 9.10. The van der Waals surface area contributed by atoms with Gasteiger partial charge in [0, 0.05) is 10.5 Å². The van der Waals surface area contributed by atoms with Crippen LogP contribution in [0.4, 0.5) is 4.39 Å². The lowest BCUT2D eigenvalue weighted by Gasteiger charge is -2.05. The summed E-state index contributed by atoms with van der Waals surface area (Å²) in [6.45, 7) is 0. The van der Waals surface area contributed by atoms with Gasteiger partial charge in [0.1, 0.15) is 17.3 Å². The highest BCUT2D eigenvalue weighted by Gasteiger charge is 2.28. The minimum Gasteiger partial charge on any atom is -0.452 e. The van der Waals surface area contributed by atoms with Gasteiger partial charge in [-0.2, -0.15) is 0 Å². The third kappa shape index (κ3) is 3.73. The van der Waals surface area contributed by atoms with Gasteiger partial charge in [-0.1, -0.05) is 28.1 Å². The molecule has 0 amide bonds. The molecule has 28 heavy (non-hydrogen) atoms. The number of hydrogen-bond acceptors (Lipinski definition) is 4. The third-order valence-electron chi connectivity index (χ3n) is 4.08. The summed E-state index contributed by atoms with van der Waals surface area (Å²) in [5.74, 6) is -0.582. The summed E-state index contributed by atoms with van der Waals surface area (Å²) in [5, 5.41) is 0. The van der Waals surface area contributed by atoms with E-state index in [-0.39, 0.29) is 22.9 Å². The van der Waals surface area contributed by atoms with Crippen molar-refractivity contribution in [1.82, 2.24) is 0 Å². The molecular weight excluding hydrogens is 427 g/mol. The zero-order valence-electron chi connectivity index (χ0n) is 14.3. The van der Waals surface area contributed by atoms with Gasteiger partial charge in [0.25, 0.3) is 0 Å². The number of esters is 1. The smallest absolute Gasteiger partial charge is 0.343 e. The van der Waals surface area contributed by atoms with Gasteiger partial charge in [0.2, 0.25) is 5.78 Å². The molecule has 0 atom stereocenters. The largest absolute Gasteiger partial charge is 0.452 e. The topological polar surface area (TPSA) is 52.6 Å². The normalized spacial score (nSPS) is 13.9. The number of allylic oxidation sites excluding steroid dienone is 1. The molecule has 0 saturated heterocycles. The molecule has 0 aliphatic carbocycles. The Bertz CT molecular complexity index is 1120. The first-order valence-electron chi connectivity index (χ1n) is 8.31. The number of benzene rings is 3. The number of hydrogen-bond donors (Lipinski definition) is 0. The minimum atomic E-state index is -0.630. The van der Waals surface area contributed by atoms with Gasteiger partial charge in [-0.3, -0.25) is 4.79 Å². The van der Waals surface area contributed by atoms with Gasteiger partial charge in [0.15, 0.2) is 5.76 Å². The molecule has 0 unspecified atom stereocenters. The lowest BCUT2D eigenvalue weighted by molar-refractivity contribution is 0.0734. The van der Waals surface area contributed by atoms with E-state index in [0.717, 1.165) is 10.0 Å². The van der Waals surface area contributed by atoms with Crippen molar-refractivity contribution < 1.29 is 23.5 Å². The average molecular weight is 439 g/mol. The first-order chi connectivity index (χ1) is 13.5. The maximum atomic E-state index is 13.0. The number of carbonyl (C=O) groups is 2. The Labute approximate surface area is 168 Å². The minimum absolute atomic E-state index is 0.190. The van der Waals surface area contributed by atoms with Crippen molar-refractivity contribution in [3.8, 4) is 11.5 Å². The van der Waals surface area contributed by atoms with Crippen molar-refractivity contribution in [2.45, 2.75) is 0 Å². The molecule has 1 aliphatic heterocycles. The highest BCUT2D eigenvalue weighted by Crippen LogP contribution is 2.35. The summed E-state index contributed by atoms with van der Waals surface area (Å²) in [7, 11) is 0. The fourth-order valence-electron chi connectivity index (χ4n) is 2.73. The van der Waals surface area contributed by atoms with Crippen LogP contribution >= 0.6 is 15.9 Å². The highest BCUT2D eigenvalue weighted by atomic mass is 79.9. The summed E-state index contributed by atoms with van der Waals surface area (Å²) in [4.78, 5) is 24.7. The summed E-state index contributed by atoms with van der Waals surface area (Å²) >= 11 is 3.39. The first kappa shape index (κ1) is 18.1. The third-order valence-corrected chi connectivity index (χ3v) is 4.57. The standard InChI is InChI=1S/C22H12BrFO4/c23-15-3-1-2-13(10-15)11-20-21(25)18-9-8-17(12-19(18)28-20)27-22(26)14-4-6-16(24)7-5-14/h1-12H. The van der Waals surface area contributed by atoms with Gasteiger partial charge in [-0.25, -0.2) is 9.18 Å². The summed E-state index contributed by atoms with van der Waals surface area (Å²) in [6, 6.07) is 17.0. The predicted octanol–water partition coefficient (Wildman–Crippen LogP) is 5.42. The van der Waals surface area contributed by atoms with E-state index in [1.54, 1.807) is 12.1 Å². The molecule has 0 aromatic heterocycles. The second-order valence-corrected chi connectivity index (χ2v) is 6.96. The molecule has 1 heterocycles. The Morgan fingerprint density at radius 2 is 1.82 bits per heavy atom. The van der Waals surface area contributed by atoms with Gasteiger partial charge in [0.05, 0.1) is 11.1 Å². The molecule has 0 spiro atoms. The van der Waals surface area contributed by atoms with Crippen LogP contribution in [0.5, 0.6) is 11.5 Å². The van der Waals surface area contributed by atoms with E-state index >= 15 is 0 Å². The maximum absolute atomic E-state index is 13.0. The second-order valence-electron chi connectivity index (χ2n) is 6.05. The van der Waals surface area contributed by atoms with E-state index in [0.29, 0.717) is 11.3 Å². The van der Waals surface area contributed by atoms with E-state index in [2.05, 4.69) is 15.9 Å². The Kier molecular flexibility index (Phi) is 4.79. The quantitative estimate of drug-likeness (QED) is 0.311. The fourth-order valence-corrected chi connectivity index (χ4v) is 3.15. The van der Waals surface area contributed by atoms with Crippen LogP contribution in [0.1, 0.15) is 26.3 Å². The molecule has 3 aromatic rings. The molecular formula is C22H12BrFO4. The van der Waals surface area contributed by atoms with Crippen molar-refractivity contribution in [1.29, 1.82) is 0 Å². The number of ether oxygens (including phenoxy) is 2. The molecule has 1 aliphatic rings. The van der Waals surface area contributed by atoms with Crippen molar-refractivity contribution in [2.24, 2.45) is 0 Å². The molecule has 4 nitrogen and oxygen atoms in total. The van der Waals surface area contributed by atoms with Crippen molar-refractivity contribution in [3.63, 3.8) is 0 Å². The van der Waals surface area contributed by atoms with Gasteiger partial charge >= 0.3 is 5.97 Å². The number of Topliss-reactive ketones (excluding diaryl/α,β-unsaturated/α-hetero) is 1. The van der Waals surface area contributed by atoms with Crippen LogP contribution in [-0.4, -0.2) is 11.8 Å². The SMILES string of the molecule is O=C(Oc1ccc2c(c1)OC(=Cc1cccc(Br)c1)C2=O)c1ccc(F)cc1. The average Bonchev–Trinajstić information content (AvgIpc) is 2.97. The summed E-state index contributed by atoms with van der Waals surface area (Å²) in [5.41, 5.74) is 1.42. The molecule has 4 rings (SSSR count). The zero-order chi connectivity index (χ0) is 19.7. The van der Waals surface area contributed by atoms with Gasteiger partial charge < -0.3 is 9.47 Å². The van der Waals surface area contributed by atoms with Gasteiger partial charge in [-0.15, -0.1) is 0 Å². The zero-order valence-corrected chi connectivity index (χ0v) is 15.9. The molecule has 0 radical (unpaired) electrons. The van der Waals surface area contributed by atoms with Crippen molar-refractivity contribution >= 4 is 33.8 Å². The van der Waals surface area contributed by atoms with Crippen LogP contribution in [0.25, 0.3) is 6.08 Å². The summed E-state index contributed by atoms with van der Waals surface area (Å²) in [6.07, 6.45) is 1.65. The lowest BCUT2D eigenvalue weighted by Crippen LogP contribution is -2.08. The van der Waals surface area contributed by atoms with Crippen LogP contribution < -0.4 is 9.47 Å². The van der Waals surface area contributed by atoms with Crippen molar-refractivity contribution in [2.75, 3.05) is 0 Å². The number of fused-ring (bicyclic) bond motifs is 1. The van der Waals surface area contributed by atoms with Crippen LogP contribution in [0, 0.1) is 5.82 Å². The number of halogens is 2. The molecule has 0 saturated carbocycles. The number of ketones is 1. The van der Waals surface area contributed by atoms with E-state index in [1.807, 2.05) is 24.3 Å². The molecule has 0 bridgehead atoms. The number of rotatable bonds is 3. The Morgan fingerprint density at radius 1 is 1.04 bits per heavy atom.